The number of rotatable bonds is 5. The summed E-state index contributed by atoms with van der Waals surface area (Å²) in [6.07, 6.45) is -1.10. The molecule has 114 valence electrons. The van der Waals surface area contributed by atoms with Crippen LogP contribution in [0.3, 0.4) is 0 Å². The fraction of sp³-hybridized carbons (Fsp3) is 0.308. The molecule has 0 radical (unpaired) electrons. The second kappa shape index (κ2) is 8.25. The van der Waals surface area contributed by atoms with E-state index in [4.69, 9.17) is 9.47 Å². The molecule has 0 aliphatic heterocycles. The van der Waals surface area contributed by atoms with E-state index < -0.39 is 24.0 Å². The minimum absolute atomic E-state index is 0.339. The topological polar surface area (TPSA) is 93.7 Å². The van der Waals surface area contributed by atoms with Crippen LogP contribution in [0.2, 0.25) is 0 Å². The zero-order valence-corrected chi connectivity index (χ0v) is 13.1. The smallest absolute Gasteiger partial charge is 0.344 e. The first-order valence-corrected chi connectivity index (χ1v) is 6.82. The molecule has 7 nitrogen and oxygen atoms in total. The average Bonchev–Trinajstić information content (AvgIpc) is 2.45. The van der Waals surface area contributed by atoms with Crippen molar-refractivity contribution in [3.63, 3.8) is 0 Å². The molecule has 21 heavy (non-hydrogen) atoms. The molecule has 0 aromatic heterocycles. The Hall–Kier alpha value is -2.09. The Balaban J connectivity index is 2.39. The Morgan fingerprint density at radius 3 is 2.67 bits per heavy atom. The molecule has 2 N–H and O–H groups in total. The Morgan fingerprint density at radius 2 is 2.05 bits per heavy atom. The lowest BCUT2D eigenvalue weighted by Crippen LogP contribution is -2.43. The maximum absolute atomic E-state index is 11.5. The van der Waals surface area contributed by atoms with Crippen LogP contribution in [-0.4, -0.2) is 37.7 Å². The zero-order valence-electron chi connectivity index (χ0n) is 11.5. The van der Waals surface area contributed by atoms with Gasteiger partial charge in [-0.2, -0.15) is 0 Å². The highest BCUT2D eigenvalue weighted by molar-refractivity contribution is 9.10. The SMILES string of the molecule is CNC(=O)NC(=O)[C@H](C)OC(=O)COc1cccc(Br)c1. The minimum atomic E-state index is -1.10. The lowest BCUT2D eigenvalue weighted by atomic mass is 10.3. The minimum Gasteiger partial charge on any atom is -0.482 e. The predicted molar refractivity (Wildman–Crippen MR) is 77.8 cm³/mol. The van der Waals surface area contributed by atoms with Crippen molar-refractivity contribution in [3.8, 4) is 5.75 Å². The van der Waals surface area contributed by atoms with Gasteiger partial charge in [0, 0.05) is 11.5 Å². The number of carbonyl (C=O) groups excluding carboxylic acids is 3. The number of nitrogens with one attached hydrogen (secondary N) is 2. The van der Waals surface area contributed by atoms with Gasteiger partial charge in [0.15, 0.2) is 12.7 Å². The summed E-state index contributed by atoms with van der Waals surface area (Å²) in [5.41, 5.74) is 0. The molecule has 0 aliphatic carbocycles. The Bertz CT molecular complexity index is 535. The van der Waals surface area contributed by atoms with Gasteiger partial charge in [0.25, 0.3) is 5.91 Å². The fourth-order valence-electron chi connectivity index (χ4n) is 1.26. The summed E-state index contributed by atoms with van der Waals surface area (Å²) in [6.45, 7) is 1.02. The second-order valence-corrected chi connectivity index (χ2v) is 4.86. The molecule has 1 aromatic rings. The van der Waals surface area contributed by atoms with E-state index in [2.05, 4.69) is 21.2 Å². The third-order valence-electron chi connectivity index (χ3n) is 2.29. The van der Waals surface area contributed by atoms with E-state index in [0.29, 0.717) is 5.75 Å². The highest BCUT2D eigenvalue weighted by Crippen LogP contribution is 2.17. The van der Waals surface area contributed by atoms with Crippen LogP contribution in [0.4, 0.5) is 4.79 Å². The molecule has 0 spiro atoms. The molecule has 0 aliphatic rings. The van der Waals surface area contributed by atoms with E-state index >= 15 is 0 Å². The van der Waals surface area contributed by atoms with Gasteiger partial charge in [-0.05, 0) is 25.1 Å². The van der Waals surface area contributed by atoms with Gasteiger partial charge in [0.2, 0.25) is 0 Å². The van der Waals surface area contributed by atoms with E-state index in [-0.39, 0.29) is 6.61 Å². The van der Waals surface area contributed by atoms with Crippen LogP contribution in [0.25, 0.3) is 0 Å². The molecule has 0 fully saturated rings. The highest BCUT2D eigenvalue weighted by atomic mass is 79.9. The summed E-state index contributed by atoms with van der Waals surface area (Å²) in [5.74, 6) is -0.941. The van der Waals surface area contributed by atoms with Crippen LogP contribution in [0.15, 0.2) is 28.7 Å². The van der Waals surface area contributed by atoms with Crippen molar-refractivity contribution >= 4 is 33.8 Å². The maximum Gasteiger partial charge on any atom is 0.344 e. The number of imide groups is 1. The summed E-state index contributed by atoms with van der Waals surface area (Å²) in [7, 11) is 1.37. The first kappa shape index (κ1) is 17.0. The van der Waals surface area contributed by atoms with Crippen molar-refractivity contribution in [1.82, 2.24) is 10.6 Å². The molecule has 1 rings (SSSR count). The van der Waals surface area contributed by atoms with E-state index in [1.165, 1.54) is 14.0 Å². The van der Waals surface area contributed by atoms with Gasteiger partial charge in [-0.3, -0.25) is 10.1 Å². The Kier molecular flexibility index (Phi) is 6.67. The molecule has 0 bridgehead atoms. The number of benzene rings is 1. The van der Waals surface area contributed by atoms with Crippen LogP contribution >= 0.6 is 15.9 Å². The van der Waals surface area contributed by atoms with Crippen molar-refractivity contribution in [2.75, 3.05) is 13.7 Å². The lowest BCUT2D eigenvalue weighted by molar-refractivity contribution is -0.156. The van der Waals surface area contributed by atoms with Gasteiger partial charge in [-0.25, -0.2) is 9.59 Å². The Labute approximate surface area is 130 Å². The number of hydrogen-bond donors (Lipinski definition) is 2. The predicted octanol–water partition coefficient (Wildman–Crippen LogP) is 1.22. The number of carbonyl (C=O) groups is 3. The third kappa shape index (κ3) is 6.26. The van der Waals surface area contributed by atoms with Gasteiger partial charge in [-0.1, -0.05) is 22.0 Å². The van der Waals surface area contributed by atoms with Gasteiger partial charge in [-0.15, -0.1) is 0 Å². The zero-order chi connectivity index (χ0) is 15.8. The summed E-state index contributed by atoms with van der Waals surface area (Å²) >= 11 is 3.27. The molecule has 8 heteroatoms. The number of ether oxygens (including phenoxy) is 2. The average molecular weight is 359 g/mol. The molecule has 1 atom stereocenters. The third-order valence-corrected chi connectivity index (χ3v) is 2.79. The van der Waals surface area contributed by atoms with Crippen molar-refractivity contribution < 1.29 is 23.9 Å². The van der Waals surface area contributed by atoms with Gasteiger partial charge in [0.05, 0.1) is 0 Å². The maximum atomic E-state index is 11.5. The molecule has 1 aromatic carbocycles. The summed E-state index contributed by atoms with van der Waals surface area (Å²) < 4.78 is 10.9. The second-order valence-electron chi connectivity index (χ2n) is 3.95. The lowest BCUT2D eigenvalue weighted by Gasteiger charge is -2.13. The van der Waals surface area contributed by atoms with Crippen molar-refractivity contribution in [1.29, 1.82) is 0 Å². The van der Waals surface area contributed by atoms with Gasteiger partial charge in [0.1, 0.15) is 5.75 Å². The number of hydrogen-bond acceptors (Lipinski definition) is 5. The fourth-order valence-corrected chi connectivity index (χ4v) is 1.64. The first-order valence-electron chi connectivity index (χ1n) is 6.02. The Morgan fingerprint density at radius 1 is 1.33 bits per heavy atom. The molecule has 3 amide bonds. The summed E-state index contributed by atoms with van der Waals surface area (Å²) in [4.78, 5) is 33.9. The van der Waals surface area contributed by atoms with Crippen LogP contribution in [0.5, 0.6) is 5.75 Å². The quantitative estimate of drug-likeness (QED) is 0.771. The van der Waals surface area contributed by atoms with Crippen LogP contribution in [-0.2, 0) is 14.3 Å². The van der Waals surface area contributed by atoms with Crippen LogP contribution in [0.1, 0.15) is 6.92 Å². The monoisotopic (exact) mass is 358 g/mol. The number of urea groups is 1. The first-order chi connectivity index (χ1) is 9.92. The van der Waals surface area contributed by atoms with Crippen molar-refractivity contribution in [2.45, 2.75) is 13.0 Å². The summed E-state index contributed by atoms with van der Waals surface area (Å²) in [6, 6.07) is 6.27. The summed E-state index contributed by atoms with van der Waals surface area (Å²) in [5, 5.41) is 4.22. The van der Waals surface area contributed by atoms with E-state index in [1.54, 1.807) is 18.2 Å². The number of esters is 1. The van der Waals surface area contributed by atoms with Crippen LogP contribution < -0.4 is 15.4 Å². The normalized spacial score (nSPS) is 11.2. The molecule has 0 unspecified atom stereocenters. The highest BCUT2D eigenvalue weighted by Gasteiger charge is 2.19. The standard InChI is InChI=1S/C13H15BrN2O5/c1-8(12(18)16-13(19)15-2)21-11(17)7-20-10-5-3-4-9(14)6-10/h3-6,8H,7H2,1-2H3,(H2,15,16,18,19)/t8-/m0/s1. The van der Waals surface area contributed by atoms with E-state index in [1.807, 2.05) is 11.4 Å². The molecular formula is C13H15BrN2O5. The van der Waals surface area contributed by atoms with Gasteiger partial charge >= 0.3 is 12.0 Å². The largest absolute Gasteiger partial charge is 0.482 e. The number of amides is 3. The number of halogens is 1. The van der Waals surface area contributed by atoms with E-state index in [9.17, 15) is 14.4 Å². The van der Waals surface area contributed by atoms with E-state index in [0.717, 1.165) is 4.47 Å². The molecule has 0 saturated carbocycles. The molecule has 0 heterocycles. The molecular weight excluding hydrogens is 344 g/mol. The van der Waals surface area contributed by atoms with Crippen molar-refractivity contribution in [3.05, 3.63) is 28.7 Å². The van der Waals surface area contributed by atoms with Crippen LogP contribution in [0, 0.1) is 0 Å². The van der Waals surface area contributed by atoms with Gasteiger partial charge < -0.3 is 14.8 Å². The molecule has 0 saturated heterocycles. The van der Waals surface area contributed by atoms with Crippen molar-refractivity contribution in [2.24, 2.45) is 0 Å².